The second kappa shape index (κ2) is 4.39. The summed E-state index contributed by atoms with van der Waals surface area (Å²) >= 11 is 0. The summed E-state index contributed by atoms with van der Waals surface area (Å²) < 4.78 is 4.58. The number of anilines is 1. The van der Waals surface area contributed by atoms with Crippen molar-refractivity contribution in [1.82, 2.24) is 4.98 Å². The molecule has 2 aromatic heterocycles. The highest BCUT2D eigenvalue weighted by Gasteiger charge is 2.06. The lowest BCUT2D eigenvalue weighted by atomic mass is 10.3. The summed E-state index contributed by atoms with van der Waals surface area (Å²) in [7, 11) is 0. The monoisotopic (exact) mass is 216 g/mol. The zero-order valence-electron chi connectivity index (χ0n) is 8.21. The van der Waals surface area contributed by atoms with Gasteiger partial charge in [0.05, 0.1) is 5.56 Å². The molecule has 0 fully saturated rings. The van der Waals surface area contributed by atoms with Crippen LogP contribution in [0, 0.1) is 0 Å². The molecule has 0 saturated heterocycles. The van der Waals surface area contributed by atoms with Crippen LogP contribution in [-0.2, 0) is 0 Å². The molecule has 0 aliphatic rings. The van der Waals surface area contributed by atoms with Crippen molar-refractivity contribution in [2.75, 3.05) is 5.32 Å². The lowest BCUT2D eigenvalue weighted by Gasteiger charge is -2.02. The molecular weight excluding hydrogens is 208 g/mol. The van der Waals surface area contributed by atoms with Crippen molar-refractivity contribution in [3.63, 3.8) is 0 Å². The van der Waals surface area contributed by atoms with Crippen molar-refractivity contribution in [2.24, 2.45) is 0 Å². The van der Waals surface area contributed by atoms with Gasteiger partial charge in [-0.1, -0.05) is 6.07 Å². The second-order valence-corrected chi connectivity index (χ2v) is 3.01. The minimum absolute atomic E-state index is 0.269. The number of aromatic nitrogens is 1. The summed E-state index contributed by atoms with van der Waals surface area (Å²) in [5, 5.41) is 2.57. The van der Waals surface area contributed by atoms with Gasteiger partial charge >= 0.3 is 5.63 Å². The summed E-state index contributed by atoms with van der Waals surface area (Å²) in [6.45, 7) is 0. The van der Waals surface area contributed by atoms with E-state index in [1.807, 2.05) is 0 Å². The Bertz CT molecular complexity index is 528. The first-order valence-electron chi connectivity index (χ1n) is 4.57. The van der Waals surface area contributed by atoms with Crippen LogP contribution >= 0.6 is 0 Å². The highest BCUT2D eigenvalue weighted by Crippen LogP contribution is 2.03. The molecule has 5 heteroatoms. The fraction of sp³-hybridized carbons (Fsp3) is 0. The molecule has 0 unspecified atom stereocenters. The van der Waals surface area contributed by atoms with E-state index in [0.717, 1.165) is 6.26 Å². The minimum atomic E-state index is -0.491. The van der Waals surface area contributed by atoms with Gasteiger partial charge in [0.1, 0.15) is 12.1 Å². The molecule has 0 saturated carbocycles. The zero-order valence-corrected chi connectivity index (χ0v) is 8.21. The van der Waals surface area contributed by atoms with Crippen LogP contribution in [0.4, 0.5) is 5.82 Å². The van der Waals surface area contributed by atoms with Crippen LogP contribution in [-0.4, -0.2) is 10.9 Å². The molecule has 0 radical (unpaired) electrons. The molecule has 16 heavy (non-hydrogen) atoms. The molecule has 2 aromatic rings. The van der Waals surface area contributed by atoms with Crippen molar-refractivity contribution < 1.29 is 9.21 Å². The van der Waals surface area contributed by atoms with E-state index in [1.54, 1.807) is 24.4 Å². The molecule has 80 valence electrons. The number of hydrogen-bond acceptors (Lipinski definition) is 4. The third-order valence-corrected chi connectivity index (χ3v) is 1.87. The molecule has 5 nitrogen and oxygen atoms in total. The highest BCUT2D eigenvalue weighted by atomic mass is 16.4. The Labute approximate surface area is 90.8 Å². The number of amides is 1. The van der Waals surface area contributed by atoms with Crippen LogP contribution in [0.5, 0.6) is 0 Å². The van der Waals surface area contributed by atoms with Crippen LogP contribution in [0.3, 0.4) is 0 Å². The zero-order chi connectivity index (χ0) is 11.4. The Morgan fingerprint density at radius 2 is 2.12 bits per heavy atom. The molecule has 0 aromatic carbocycles. The topological polar surface area (TPSA) is 72.2 Å². The highest BCUT2D eigenvalue weighted by molar-refractivity contribution is 6.03. The van der Waals surface area contributed by atoms with Gasteiger partial charge in [0.2, 0.25) is 0 Å². The van der Waals surface area contributed by atoms with Gasteiger partial charge < -0.3 is 9.73 Å². The van der Waals surface area contributed by atoms with Crippen molar-refractivity contribution in [1.29, 1.82) is 0 Å². The molecular formula is C11H8N2O3. The van der Waals surface area contributed by atoms with E-state index in [2.05, 4.69) is 14.7 Å². The Morgan fingerprint density at radius 1 is 1.25 bits per heavy atom. The van der Waals surface area contributed by atoms with Crippen LogP contribution in [0.25, 0.3) is 0 Å². The smallest absolute Gasteiger partial charge is 0.335 e. The second-order valence-electron chi connectivity index (χ2n) is 3.01. The van der Waals surface area contributed by atoms with E-state index in [4.69, 9.17) is 0 Å². The summed E-state index contributed by atoms with van der Waals surface area (Å²) in [4.78, 5) is 26.2. The largest absolute Gasteiger partial charge is 0.430 e. The lowest BCUT2D eigenvalue weighted by Crippen LogP contribution is -2.13. The number of rotatable bonds is 2. The molecule has 1 N–H and O–H groups in total. The average Bonchev–Trinajstić information content (AvgIpc) is 2.31. The van der Waals surface area contributed by atoms with E-state index < -0.39 is 5.63 Å². The standard InChI is InChI=1S/C11H8N2O3/c14-10-5-4-8(7-16-10)11(15)13-9-3-1-2-6-12-9/h1-7H,(H,12,13,15). The van der Waals surface area contributed by atoms with Crippen molar-refractivity contribution in [3.05, 3.63) is 58.8 Å². The van der Waals surface area contributed by atoms with Gasteiger partial charge in [-0.2, -0.15) is 0 Å². The van der Waals surface area contributed by atoms with E-state index in [-0.39, 0.29) is 11.5 Å². The van der Waals surface area contributed by atoms with Gasteiger partial charge in [0.15, 0.2) is 0 Å². The van der Waals surface area contributed by atoms with Gasteiger partial charge in [-0.3, -0.25) is 4.79 Å². The molecule has 0 atom stereocenters. The first-order chi connectivity index (χ1) is 7.75. The van der Waals surface area contributed by atoms with Crippen LogP contribution < -0.4 is 10.9 Å². The number of nitrogens with zero attached hydrogens (tertiary/aromatic N) is 1. The Balaban J connectivity index is 2.15. The van der Waals surface area contributed by atoms with Crippen molar-refractivity contribution >= 4 is 11.7 Å². The van der Waals surface area contributed by atoms with Crippen molar-refractivity contribution in [3.8, 4) is 0 Å². The Hall–Kier alpha value is -2.43. The number of pyridine rings is 1. The first-order valence-corrected chi connectivity index (χ1v) is 4.57. The number of carbonyl (C=O) groups excluding carboxylic acids is 1. The van der Waals surface area contributed by atoms with Crippen LogP contribution in [0.2, 0.25) is 0 Å². The molecule has 0 aliphatic carbocycles. The molecule has 0 spiro atoms. The summed E-state index contributed by atoms with van der Waals surface area (Å²) in [6.07, 6.45) is 2.68. The van der Waals surface area contributed by atoms with E-state index in [0.29, 0.717) is 5.82 Å². The summed E-state index contributed by atoms with van der Waals surface area (Å²) in [5.74, 6) is 0.0705. The third-order valence-electron chi connectivity index (χ3n) is 1.87. The number of nitrogens with one attached hydrogen (secondary N) is 1. The predicted octanol–water partition coefficient (Wildman–Crippen LogP) is 1.29. The first kappa shape index (κ1) is 10.1. The van der Waals surface area contributed by atoms with E-state index >= 15 is 0 Å². The minimum Gasteiger partial charge on any atom is -0.430 e. The maximum absolute atomic E-state index is 11.6. The predicted molar refractivity (Wildman–Crippen MR) is 57.2 cm³/mol. The maximum atomic E-state index is 11.6. The third kappa shape index (κ3) is 2.33. The van der Waals surface area contributed by atoms with Crippen LogP contribution in [0.1, 0.15) is 10.4 Å². The quantitative estimate of drug-likeness (QED) is 0.820. The van der Waals surface area contributed by atoms with Gasteiger partial charge in [0, 0.05) is 12.3 Å². The molecule has 1 amide bonds. The maximum Gasteiger partial charge on any atom is 0.335 e. The van der Waals surface area contributed by atoms with Crippen LogP contribution in [0.15, 0.2) is 52.0 Å². The number of carbonyl (C=O) groups is 1. The van der Waals surface area contributed by atoms with Gasteiger partial charge in [-0.15, -0.1) is 0 Å². The molecule has 2 rings (SSSR count). The summed E-state index contributed by atoms with van der Waals surface area (Å²) in [6, 6.07) is 7.75. The van der Waals surface area contributed by atoms with E-state index in [1.165, 1.54) is 12.1 Å². The molecule has 0 aliphatic heterocycles. The Morgan fingerprint density at radius 3 is 2.75 bits per heavy atom. The molecule has 0 bridgehead atoms. The average molecular weight is 216 g/mol. The van der Waals surface area contributed by atoms with Gasteiger partial charge in [0.25, 0.3) is 5.91 Å². The fourth-order valence-corrected chi connectivity index (χ4v) is 1.11. The van der Waals surface area contributed by atoms with E-state index in [9.17, 15) is 9.59 Å². The van der Waals surface area contributed by atoms with Gasteiger partial charge in [-0.25, -0.2) is 9.78 Å². The SMILES string of the molecule is O=C(Nc1ccccn1)c1ccc(=O)oc1. The molecule has 2 heterocycles. The Kier molecular flexibility index (Phi) is 2.77. The summed E-state index contributed by atoms with van der Waals surface area (Å²) in [5.41, 5.74) is -0.223. The lowest BCUT2D eigenvalue weighted by molar-refractivity contribution is 0.102. The van der Waals surface area contributed by atoms with Gasteiger partial charge in [-0.05, 0) is 18.2 Å². The van der Waals surface area contributed by atoms with Crippen molar-refractivity contribution in [2.45, 2.75) is 0 Å². The fourth-order valence-electron chi connectivity index (χ4n) is 1.11. The number of hydrogen-bond donors (Lipinski definition) is 1. The normalized spacial score (nSPS) is 9.75.